The van der Waals surface area contributed by atoms with Crippen molar-refractivity contribution in [3.63, 3.8) is 0 Å². The molecule has 0 fully saturated rings. The van der Waals surface area contributed by atoms with Crippen molar-refractivity contribution in [2.45, 2.75) is 57.8 Å². The minimum absolute atomic E-state index is 0.00930. The lowest BCUT2D eigenvalue weighted by atomic mass is 9.91. The zero-order valence-electron chi connectivity index (χ0n) is 17.1. The Kier molecular flexibility index (Phi) is 6.75. The molecule has 0 radical (unpaired) electrons. The highest BCUT2D eigenvalue weighted by molar-refractivity contribution is 9.10. The molecular formula is C22H25BrF3N3O. The first-order chi connectivity index (χ1) is 14.1. The maximum absolute atomic E-state index is 13.2. The van der Waals surface area contributed by atoms with E-state index in [4.69, 9.17) is 0 Å². The fourth-order valence-corrected chi connectivity index (χ4v) is 4.49. The van der Waals surface area contributed by atoms with Crippen molar-refractivity contribution in [3.05, 3.63) is 63.4 Å². The molecule has 1 aliphatic rings. The van der Waals surface area contributed by atoms with Crippen LogP contribution in [0.25, 0.3) is 0 Å². The van der Waals surface area contributed by atoms with Crippen LogP contribution in [0.4, 0.5) is 13.2 Å². The molecule has 0 aliphatic heterocycles. The molecule has 2 aromatic rings. The van der Waals surface area contributed by atoms with Crippen LogP contribution >= 0.6 is 15.9 Å². The van der Waals surface area contributed by atoms with Crippen LogP contribution in [0.2, 0.25) is 0 Å². The number of alkyl halides is 3. The summed E-state index contributed by atoms with van der Waals surface area (Å²) in [6.07, 6.45) is 1.71. The van der Waals surface area contributed by atoms with Gasteiger partial charge in [0.05, 0.1) is 24.3 Å². The van der Waals surface area contributed by atoms with Gasteiger partial charge in [-0.1, -0.05) is 41.4 Å². The molecule has 0 bridgehead atoms. The van der Waals surface area contributed by atoms with Crippen molar-refractivity contribution in [3.8, 4) is 0 Å². The van der Waals surface area contributed by atoms with E-state index < -0.39 is 17.6 Å². The molecule has 1 aromatic carbocycles. The van der Waals surface area contributed by atoms with Gasteiger partial charge in [-0.25, -0.2) is 0 Å². The van der Waals surface area contributed by atoms with Gasteiger partial charge in [0, 0.05) is 28.3 Å². The van der Waals surface area contributed by atoms with Crippen molar-refractivity contribution < 1.29 is 18.0 Å². The first-order valence-corrected chi connectivity index (χ1v) is 10.8. The van der Waals surface area contributed by atoms with E-state index in [2.05, 4.69) is 34.5 Å². The minimum Gasteiger partial charge on any atom is -0.335 e. The number of halogens is 4. The van der Waals surface area contributed by atoms with Crippen LogP contribution in [0.15, 0.2) is 41.0 Å². The topological polar surface area (TPSA) is 38.1 Å². The third-order valence-corrected chi connectivity index (χ3v) is 5.93. The smallest absolute Gasteiger partial charge is 0.335 e. The molecule has 162 valence electrons. The van der Waals surface area contributed by atoms with Gasteiger partial charge >= 0.3 is 6.18 Å². The van der Waals surface area contributed by atoms with Crippen LogP contribution in [-0.4, -0.2) is 27.6 Å². The molecule has 1 heterocycles. The normalized spacial score (nSPS) is 16.3. The summed E-state index contributed by atoms with van der Waals surface area (Å²) in [7, 11) is 1.64. The zero-order chi connectivity index (χ0) is 22.1. The molecule has 0 unspecified atom stereocenters. The maximum atomic E-state index is 13.2. The van der Waals surface area contributed by atoms with Crippen molar-refractivity contribution in [1.82, 2.24) is 14.7 Å². The van der Waals surface area contributed by atoms with Crippen LogP contribution in [0.3, 0.4) is 0 Å². The molecule has 1 amide bonds. The van der Waals surface area contributed by atoms with E-state index in [0.717, 1.165) is 61.1 Å². The fourth-order valence-electron chi connectivity index (χ4n) is 4.00. The second kappa shape index (κ2) is 8.96. The van der Waals surface area contributed by atoms with Gasteiger partial charge in [0.1, 0.15) is 0 Å². The highest BCUT2D eigenvalue weighted by Gasteiger charge is 2.34. The third kappa shape index (κ3) is 4.79. The highest BCUT2D eigenvalue weighted by Crippen LogP contribution is 2.36. The lowest BCUT2D eigenvalue weighted by Gasteiger charge is -2.32. The number of allylic oxidation sites excluding steroid dienone is 1. The van der Waals surface area contributed by atoms with E-state index in [1.54, 1.807) is 13.2 Å². The second-order valence-electron chi connectivity index (χ2n) is 7.75. The maximum Gasteiger partial charge on any atom is 0.416 e. The van der Waals surface area contributed by atoms with Gasteiger partial charge in [-0.2, -0.15) is 18.3 Å². The number of fused-ring (bicyclic) bond motifs is 1. The number of carbonyl (C=O) groups is 1. The number of rotatable bonds is 6. The first-order valence-electron chi connectivity index (χ1n) is 9.98. The Bertz CT molecular complexity index is 952. The van der Waals surface area contributed by atoms with Crippen LogP contribution < -0.4 is 0 Å². The molecule has 0 saturated carbocycles. The van der Waals surface area contributed by atoms with E-state index in [-0.39, 0.29) is 16.1 Å². The molecule has 8 heteroatoms. The van der Waals surface area contributed by atoms with Gasteiger partial charge in [0.2, 0.25) is 0 Å². The Morgan fingerprint density at radius 2 is 2.10 bits per heavy atom. The van der Waals surface area contributed by atoms with E-state index in [0.29, 0.717) is 6.54 Å². The number of nitrogens with zero attached hydrogens (tertiary/aromatic N) is 3. The lowest BCUT2D eigenvalue weighted by Crippen LogP contribution is -2.33. The van der Waals surface area contributed by atoms with Gasteiger partial charge in [-0.05, 0) is 43.9 Å². The number of benzene rings is 1. The van der Waals surface area contributed by atoms with Crippen molar-refractivity contribution in [2.75, 3.05) is 7.05 Å². The Morgan fingerprint density at radius 3 is 2.77 bits per heavy atom. The summed E-state index contributed by atoms with van der Waals surface area (Å²) in [6, 6.07) is 3.09. The van der Waals surface area contributed by atoms with E-state index in [9.17, 15) is 18.0 Å². The Hall–Kier alpha value is -2.09. The number of amides is 1. The SMILES string of the molecule is C=C(CCC)Cn1ncc2c1CCC[C@H]2N(C)C(=O)c1cc(Br)cc(C(F)(F)F)c1. The predicted molar refractivity (Wildman–Crippen MR) is 113 cm³/mol. The van der Waals surface area contributed by atoms with Crippen molar-refractivity contribution >= 4 is 21.8 Å². The summed E-state index contributed by atoms with van der Waals surface area (Å²) in [5.41, 5.74) is 2.31. The van der Waals surface area contributed by atoms with Gasteiger partial charge in [-0.3, -0.25) is 9.48 Å². The number of hydrogen-bond acceptors (Lipinski definition) is 2. The number of carbonyl (C=O) groups excluding carboxylic acids is 1. The summed E-state index contributed by atoms with van der Waals surface area (Å²) in [5.74, 6) is -0.442. The molecular weight excluding hydrogens is 459 g/mol. The van der Waals surface area contributed by atoms with Crippen LogP contribution in [-0.2, 0) is 19.1 Å². The fraction of sp³-hybridized carbons (Fsp3) is 0.455. The van der Waals surface area contributed by atoms with E-state index in [1.807, 2.05) is 4.68 Å². The molecule has 1 aromatic heterocycles. The largest absolute Gasteiger partial charge is 0.416 e. The van der Waals surface area contributed by atoms with Gasteiger partial charge in [-0.15, -0.1) is 0 Å². The highest BCUT2D eigenvalue weighted by atomic mass is 79.9. The summed E-state index contributed by atoms with van der Waals surface area (Å²) >= 11 is 3.09. The first kappa shape index (κ1) is 22.6. The third-order valence-electron chi connectivity index (χ3n) is 5.47. The summed E-state index contributed by atoms with van der Waals surface area (Å²) in [6.45, 7) is 6.86. The van der Waals surface area contributed by atoms with E-state index in [1.165, 1.54) is 11.0 Å². The summed E-state index contributed by atoms with van der Waals surface area (Å²) in [5, 5.41) is 4.51. The Morgan fingerprint density at radius 1 is 1.37 bits per heavy atom. The molecule has 0 spiro atoms. The quantitative estimate of drug-likeness (QED) is 0.460. The molecule has 3 rings (SSSR count). The van der Waals surface area contributed by atoms with Gasteiger partial charge < -0.3 is 4.90 Å². The molecule has 0 saturated heterocycles. The average molecular weight is 484 g/mol. The van der Waals surface area contributed by atoms with E-state index >= 15 is 0 Å². The number of aromatic nitrogens is 2. The predicted octanol–water partition coefficient (Wildman–Crippen LogP) is 6.17. The minimum atomic E-state index is -4.52. The molecule has 30 heavy (non-hydrogen) atoms. The van der Waals surface area contributed by atoms with Gasteiger partial charge in [0.25, 0.3) is 5.91 Å². The standard InChI is InChI=1S/C22H25BrF3N3O/c1-4-6-14(2)13-29-20-8-5-7-19(18(20)12-27-29)28(3)21(30)15-9-16(22(24,25)26)11-17(23)10-15/h9-12,19H,2,4-8,13H2,1,3H3/t19-/m1/s1. The average Bonchev–Trinajstić information content (AvgIpc) is 3.08. The molecule has 4 nitrogen and oxygen atoms in total. The molecule has 0 N–H and O–H groups in total. The van der Waals surface area contributed by atoms with Crippen LogP contribution in [0.5, 0.6) is 0 Å². The van der Waals surface area contributed by atoms with Crippen LogP contribution in [0, 0.1) is 0 Å². The summed E-state index contributed by atoms with van der Waals surface area (Å²) < 4.78 is 41.7. The van der Waals surface area contributed by atoms with Gasteiger partial charge in [0.15, 0.2) is 0 Å². The van der Waals surface area contributed by atoms with Crippen LogP contribution in [0.1, 0.15) is 65.8 Å². The van der Waals surface area contributed by atoms with Crippen molar-refractivity contribution in [2.24, 2.45) is 0 Å². The molecule has 1 aliphatic carbocycles. The second-order valence-corrected chi connectivity index (χ2v) is 8.67. The Balaban J connectivity index is 1.86. The monoisotopic (exact) mass is 483 g/mol. The zero-order valence-corrected chi connectivity index (χ0v) is 18.7. The van der Waals surface area contributed by atoms with Crippen molar-refractivity contribution in [1.29, 1.82) is 0 Å². The molecule has 1 atom stereocenters. The Labute approximate surface area is 182 Å². The summed E-state index contributed by atoms with van der Waals surface area (Å²) in [4.78, 5) is 14.6. The number of hydrogen-bond donors (Lipinski definition) is 0. The lowest BCUT2D eigenvalue weighted by molar-refractivity contribution is -0.137.